The van der Waals surface area contributed by atoms with Crippen LogP contribution in [0.5, 0.6) is 0 Å². The molecule has 0 amide bonds. The number of allylic oxidation sites excluding steroid dienone is 8. The highest BCUT2D eigenvalue weighted by Crippen LogP contribution is 2.19. The van der Waals surface area contributed by atoms with Crippen LogP contribution in [0.4, 0.5) is 0 Å². The summed E-state index contributed by atoms with van der Waals surface area (Å²) in [6.45, 7) is 4.18. The Hall–Kier alpha value is -2.14. The Bertz CT molecular complexity index is 1350. The van der Waals surface area contributed by atoms with Crippen molar-refractivity contribution >= 4 is 11.9 Å². The van der Waals surface area contributed by atoms with Crippen molar-refractivity contribution in [2.24, 2.45) is 0 Å². The number of aliphatic hydroxyl groups excluding tert-OH is 1. The van der Waals surface area contributed by atoms with Crippen molar-refractivity contribution < 1.29 is 24.2 Å². The van der Waals surface area contributed by atoms with Crippen LogP contribution >= 0.6 is 0 Å². The summed E-state index contributed by atoms with van der Waals surface area (Å²) in [6.07, 6.45) is 98.9. The predicted molar refractivity (Wildman–Crippen MR) is 362 cm³/mol. The third-order valence-corrected chi connectivity index (χ3v) is 17.1. The van der Waals surface area contributed by atoms with Crippen molar-refractivity contribution in [3.8, 4) is 0 Å². The summed E-state index contributed by atoms with van der Waals surface area (Å²) in [5.41, 5.74) is 0. The highest BCUT2D eigenvalue weighted by molar-refractivity contribution is 5.70. The number of hydrogen-bond donors (Lipinski definition) is 1. The summed E-state index contributed by atoms with van der Waals surface area (Å²) >= 11 is 0. The molecule has 0 aliphatic heterocycles. The third-order valence-electron chi connectivity index (χ3n) is 17.1. The molecular formula is C77H144O5. The molecule has 0 fully saturated rings. The first-order valence-electron chi connectivity index (χ1n) is 37.2. The Kier molecular flexibility index (Phi) is 71.2. The number of ether oxygens (including phenoxy) is 2. The van der Waals surface area contributed by atoms with E-state index in [0.717, 1.165) is 44.9 Å². The van der Waals surface area contributed by atoms with E-state index in [1.54, 1.807) is 0 Å². The van der Waals surface area contributed by atoms with E-state index in [1.165, 1.54) is 340 Å². The van der Waals surface area contributed by atoms with Crippen LogP contribution in [0.3, 0.4) is 0 Å². The van der Waals surface area contributed by atoms with Crippen LogP contribution in [0.1, 0.15) is 412 Å². The summed E-state index contributed by atoms with van der Waals surface area (Å²) in [5, 5.41) is 9.71. The van der Waals surface area contributed by atoms with Gasteiger partial charge in [-0.1, -0.05) is 371 Å². The first-order valence-corrected chi connectivity index (χ1v) is 37.2. The van der Waals surface area contributed by atoms with E-state index < -0.39 is 6.10 Å². The summed E-state index contributed by atoms with van der Waals surface area (Å²) in [4.78, 5) is 24.7. The SMILES string of the molecule is CCCCCCC/C=C\C/C=C\C/C=C\CCCCCCCCCCCCCCC(=O)OC(CO)COC(=O)CCCCCCCCCCCCCCCCCCCCCCCCCCCCCCC/C=C\CCCCCCCCCC. The van der Waals surface area contributed by atoms with Crippen LogP contribution in [0.2, 0.25) is 0 Å². The van der Waals surface area contributed by atoms with Gasteiger partial charge in [-0.05, 0) is 77.0 Å². The van der Waals surface area contributed by atoms with Crippen molar-refractivity contribution in [1.29, 1.82) is 0 Å². The van der Waals surface area contributed by atoms with Gasteiger partial charge < -0.3 is 14.6 Å². The van der Waals surface area contributed by atoms with Gasteiger partial charge in [-0.25, -0.2) is 0 Å². The molecule has 0 heterocycles. The second-order valence-corrected chi connectivity index (χ2v) is 25.4. The minimum absolute atomic E-state index is 0.0621. The first kappa shape index (κ1) is 79.9. The quantitative estimate of drug-likeness (QED) is 0.0373. The Morgan fingerprint density at radius 2 is 0.488 bits per heavy atom. The zero-order valence-electron chi connectivity index (χ0n) is 55.5. The maximum absolute atomic E-state index is 12.4. The number of carbonyl (C=O) groups is 2. The third kappa shape index (κ3) is 70.3. The lowest BCUT2D eigenvalue weighted by Crippen LogP contribution is -2.28. The van der Waals surface area contributed by atoms with Crippen LogP contribution in [-0.4, -0.2) is 36.4 Å². The minimum Gasteiger partial charge on any atom is -0.462 e. The highest BCUT2D eigenvalue weighted by Gasteiger charge is 2.16. The Balaban J connectivity index is 3.37. The molecule has 0 aliphatic carbocycles. The van der Waals surface area contributed by atoms with Gasteiger partial charge in [0.15, 0.2) is 6.10 Å². The van der Waals surface area contributed by atoms with Gasteiger partial charge in [-0.3, -0.25) is 9.59 Å². The molecule has 0 saturated carbocycles. The van der Waals surface area contributed by atoms with Crippen molar-refractivity contribution in [2.45, 2.75) is 418 Å². The minimum atomic E-state index is -0.773. The van der Waals surface area contributed by atoms with Gasteiger partial charge in [0, 0.05) is 12.8 Å². The molecule has 1 unspecified atom stereocenters. The second-order valence-electron chi connectivity index (χ2n) is 25.4. The summed E-state index contributed by atoms with van der Waals surface area (Å²) in [7, 11) is 0. The molecule has 0 aromatic rings. The molecule has 1 atom stereocenters. The lowest BCUT2D eigenvalue weighted by molar-refractivity contribution is -0.161. The Morgan fingerprint density at radius 3 is 0.744 bits per heavy atom. The van der Waals surface area contributed by atoms with Gasteiger partial charge >= 0.3 is 11.9 Å². The van der Waals surface area contributed by atoms with Crippen LogP contribution in [-0.2, 0) is 19.1 Å². The van der Waals surface area contributed by atoms with E-state index in [0.29, 0.717) is 12.8 Å². The number of carbonyl (C=O) groups excluding carboxylic acids is 2. The normalized spacial score (nSPS) is 12.4. The number of esters is 2. The second kappa shape index (κ2) is 73.1. The molecule has 0 aliphatic rings. The van der Waals surface area contributed by atoms with E-state index in [2.05, 4.69) is 62.5 Å². The summed E-state index contributed by atoms with van der Waals surface area (Å²) in [5.74, 6) is -0.572. The van der Waals surface area contributed by atoms with Crippen molar-refractivity contribution in [3.63, 3.8) is 0 Å². The number of rotatable bonds is 70. The van der Waals surface area contributed by atoms with E-state index in [4.69, 9.17) is 9.47 Å². The monoisotopic (exact) mass is 1150 g/mol. The van der Waals surface area contributed by atoms with E-state index in [-0.39, 0.29) is 25.2 Å². The van der Waals surface area contributed by atoms with Crippen molar-refractivity contribution in [2.75, 3.05) is 13.2 Å². The van der Waals surface area contributed by atoms with Crippen molar-refractivity contribution in [1.82, 2.24) is 0 Å². The molecule has 0 spiro atoms. The smallest absolute Gasteiger partial charge is 0.306 e. The van der Waals surface area contributed by atoms with Gasteiger partial charge in [0.1, 0.15) is 6.61 Å². The summed E-state index contributed by atoms with van der Waals surface area (Å²) < 4.78 is 10.8. The zero-order valence-corrected chi connectivity index (χ0v) is 55.5. The first-order chi connectivity index (χ1) is 40.6. The van der Waals surface area contributed by atoms with Crippen LogP contribution in [0.15, 0.2) is 48.6 Å². The average Bonchev–Trinajstić information content (AvgIpc) is 3.49. The van der Waals surface area contributed by atoms with Crippen LogP contribution < -0.4 is 0 Å². The zero-order chi connectivity index (χ0) is 59.1. The van der Waals surface area contributed by atoms with E-state index >= 15 is 0 Å². The summed E-state index contributed by atoms with van der Waals surface area (Å²) in [6, 6.07) is 0. The molecule has 0 aromatic heterocycles. The van der Waals surface area contributed by atoms with Gasteiger partial charge in [0.2, 0.25) is 0 Å². The molecular weight excluding hydrogens is 1000 g/mol. The molecule has 0 rings (SSSR count). The van der Waals surface area contributed by atoms with Gasteiger partial charge in [-0.2, -0.15) is 0 Å². The fraction of sp³-hybridized carbons (Fsp3) is 0.870. The van der Waals surface area contributed by atoms with E-state index in [1.807, 2.05) is 0 Å². The molecule has 0 saturated heterocycles. The average molecular weight is 1150 g/mol. The standard InChI is InChI=1S/C77H144O5/c1-3-5-7-9-11-13-15-17-19-21-23-25-27-29-31-32-33-34-35-36-37-38-39-40-41-42-43-44-46-47-49-51-53-55-57-59-61-63-65-67-69-71-76(79)81-74-75(73-78)82-77(80)72-70-68-66-64-62-60-58-56-54-52-50-48-45-30-28-26-24-22-20-18-16-14-12-10-8-6-4-2/h16,18,21-24,28,30,75,78H,3-15,17,19-20,25-27,29,31-74H2,1-2H3/b18-16-,23-21-,24-22-,30-28-. The lowest BCUT2D eigenvalue weighted by atomic mass is 10.0. The Labute approximate surface area is 513 Å². The largest absolute Gasteiger partial charge is 0.462 e. The lowest BCUT2D eigenvalue weighted by Gasteiger charge is -2.15. The molecule has 0 radical (unpaired) electrons. The molecule has 0 aromatic carbocycles. The molecule has 82 heavy (non-hydrogen) atoms. The molecule has 0 bridgehead atoms. The van der Waals surface area contributed by atoms with Gasteiger partial charge in [0.25, 0.3) is 0 Å². The van der Waals surface area contributed by atoms with Crippen molar-refractivity contribution in [3.05, 3.63) is 48.6 Å². The topological polar surface area (TPSA) is 72.8 Å². The molecule has 482 valence electrons. The fourth-order valence-electron chi connectivity index (χ4n) is 11.5. The van der Waals surface area contributed by atoms with E-state index in [9.17, 15) is 14.7 Å². The fourth-order valence-corrected chi connectivity index (χ4v) is 11.5. The number of hydrogen-bond acceptors (Lipinski definition) is 5. The molecule has 5 nitrogen and oxygen atoms in total. The van der Waals surface area contributed by atoms with Gasteiger partial charge in [-0.15, -0.1) is 0 Å². The number of aliphatic hydroxyl groups is 1. The Morgan fingerprint density at radius 1 is 0.280 bits per heavy atom. The molecule has 5 heteroatoms. The predicted octanol–water partition coefficient (Wildman–Crippen LogP) is 25.9. The van der Waals surface area contributed by atoms with Crippen LogP contribution in [0, 0.1) is 0 Å². The maximum Gasteiger partial charge on any atom is 0.306 e. The number of unbranched alkanes of at least 4 members (excludes halogenated alkanes) is 54. The maximum atomic E-state index is 12.4. The highest BCUT2D eigenvalue weighted by atomic mass is 16.6. The van der Waals surface area contributed by atoms with Gasteiger partial charge in [0.05, 0.1) is 6.61 Å². The van der Waals surface area contributed by atoms with Crippen LogP contribution in [0.25, 0.3) is 0 Å². The molecule has 1 N–H and O–H groups in total.